The number of aryl methyl sites for hydroxylation is 1. The lowest BCUT2D eigenvalue weighted by atomic mass is 10.0. The SMILES string of the molecule is Cc1cnn(CC2CN(c3nccn4nccc34)C2)c1. The fourth-order valence-corrected chi connectivity index (χ4v) is 2.78. The molecule has 4 rings (SSSR count). The molecule has 1 aliphatic heterocycles. The van der Waals surface area contributed by atoms with Gasteiger partial charge in [0, 0.05) is 44.1 Å². The van der Waals surface area contributed by atoms with Crippen molar-refractivity contribution in [2.24, 2.45) is 5.92 Å². The summed E-state index contributed by atoms with van der Waals surface area (Å²) in [7, 11) is 0. The quantitative estimate of drug-likeness (QED) is 0.720. The van der Waals surface area contributed by atoms with Crippen LogP contribution in [0, 0.1) is 12.8 Å². The van der Waals surface area contributed by atoms with Gasteiger partial charge in [0.15, 0.2) is 5.82 Å². The number of anilines is 1. The molecule has 1 saturated heterocycles. The number of aromatic nitrogens is 5. The molecule has 0 aliphatic carbocycles. The minimum Gasteiger partial charge on any atom is -0.354 e. The van der Waals surface area contributed by atoms with E-state index in [1.54, 1.807) is 6.20 Å². The first-order chi connectivity index (χ1) is 9.79. The van der Waals surface area contributed by atoms with Gasteiger partial charge in [-0.05, 0) is 18.6 Å². The second-order valence-corrected chi connectivity index (χ2v) is 5.42. The van der Waals surface area contributed by atoms with Gasteiger partial charge in [-0.3, -0.25) is 4.68 Å². The number of rotatable bonds is 3. The van der Waals surface area contributed by atoms with Crippen LogP contribution in [0.4, 0.5) is 5.82 Å². The molecule has 0 unspecified atom stereocenters. The van der Waals surface area contributed by atoms with E-state index in [1.807, 2.05) is 33.9 Å². The maximum absolute atomic E-state index is 4.49. The third-order valence-corrected chi connectivity index (χ3v) is 3.77. The molecule has 6 heteroatoms. The second-order valence-electron chi connectivity index (χ2n) is 5.42. The summed E-state index contributed by atoms with van der Waals surface area (Å²) in [6.45, 7) is 5.10. The van der Waals surface area contributed by atoms with Crippen molar-refractivity contribution in [2.75, 3.05) is 18.0 Å². The molecule has 1 aliphatic rings. The lowest BCUT2D eigenvalue weighted by molar-refractivity contribution is 0.340. The highest BCUT2D eigenvalue weighted by atomic mass is 15.3. The van der Waals surface area contributed by atoms with Gasteiger partial charge in [-0.2, -0.15) is 10.2 Å². The van der Waals surface area contributed by atoms with Crippen LogP contribution in [0.2, 0.25) is 0 Å². The van der Waals surface area contributed by atoms with Crippen LogP contribution in [-0.2, 0) is 6.54 Å². The van der Waals surface area contributed by atoms with E-state index in [2.05, 4.69) is 33.2 Å². The third kappa shape index (κ3) is 1.84. The molecule has 0 spiro atoms. The largest absolute Gasteiger partial charge is 0.354 e. The molecule has 20 heavy (non-hydrogen) atoms. The lowest BCUT2D eigenvalue weighted by Crippen LogP contribution is -2.49. The van der Waals surface area contributed by atoms with Crippen LogP contribution < -0.4 is 4.90 Å². The van der Waals surface area contributed by atoms with E-state index in [0.29, 0.717) is 5.92 Å². The Kier molecular flexibility index (Phi) is 2.48. The van der Waals surface area contributed by atoms with E-state index in [4.69, 9.17) is 0 Å². The molecule has 3 aromatic heterocycles. The van der Waals surface area contributed by atoms with E-state index < -0.39 is 0 Å². The zero-order valence-corrected chi connectivity index (χ0v) is 11.3. The summed E-state index contributed by atoms with van der Waals surface area (Å²) in [5, 5.41) is 8.59. The molecule has 0 radical (unpaired) electrons. The number of hydrogen-bond donors (Lipinski definition) is 0. The van der Waals surface area contributed by atoms with Gasteiger partial charge < -0.3 is 4.90 Å². The Morgan fingerprint density at radius 2 is 2.15 bits per heavy atom. The Bertz CT molecular complexity index is 737. The van der Waals surface area contributed by atoms with E-state index in [1.165, 1.54) is 5.56 Å². The molecule has 0 aromatic carbocycles. The first-order valence-corrected chi connectivity index (χ1v) is 6.82. The molecule has 0 atom stereocenters. The average molecular weight is 268 g/mol. The molecule has 0 N–H and O–H groups in total. The monoisotopic (exact) mass is 268 g/mol. The Labute approximate surface area is 116 Å². The predicted molar refractivity (Wildman–Crippen MR) is 75.7 cm³/mol. The summed E-state index contributed by atoms with van der Waals surface area (Å²) < 4.78 is 3.90. The van der Waals surface area contributed by atoms with Gasteiger partial charge >= 0.3 is 0 Å². The molecule has 0 amide bonds. The molecule has 1 fully saturated rings. The fourth-order valence-electron chi connectivity index (χ4n) is 2.78. The molecule has 4 heterocycles. The second kappa shape index (κ2) is 4.33. The molecule has 3 aromatic rings. The minimum absolute atomic E-state index is 0.638. The van der Waals surface area contributed by atoms with Gasteiger partial charge in [-0.15, -0.1) is 0 Å². The lowest BCUT2D eigenvalue weighted by Gasteiger charge is -2.40. The van der Waals surface area contributed by atoms with Gasteiger partial charge in [-0.25, -0.2) is 9.50 Å². The maximum atomic E-state index is 4.49. The van der Waals surface area contributed by atoms with Crippen molar-refractivity contribution < 1.29 is 0 Å². The average Bonchev–Trinajstić information content (AvgIpc) is 3.01. The molecule has 0 bridgehead atoms. The zero-order valence-electron chi connectivity index (χ0n) is 11.3. The Hall–Kier alpha value is -2.37. The molecule has 102 valence electrons. The maximum Gasteiger partial charge on any atom is 0.154 e. The molecular formula is C14H16N6. The molecule has 0 saturated carbocycles. The van der Waals surface area contributed by atoms with Gasteiger partial charge in [0.05, 0.1) is 12.4 Å². The first kappa shape index (κ1) is 11.5. The van der Waals surface area contributed by atoms with Gasteiger partial charge in [0.25, 0.3) is 0 Å². The van der Waals surface area contributed by atoms with Crippen molar-refractivity contribution >= 4 is 11.3 Å². The Balaban J connectivity index is 1.47. The predicted octanol–water partition coefficient (Wildman–Crippen LogP) is 1.37. The van der Waals surface area contributed by atoms with Crippen LogP contribution in [0.15, 0.2) is 37.1 Å². The van der Waals surface area contributed by atoms with Crippen LogP contribution in [0.25, 0.3) is 5.52 Å². The van der Waals surface area contributed by atoms with Crippen LogP contribution in [0.5, 0.6) is 0 Å². The minimum atomic E-state index is 0.638. The number of nitrogens with zero attached hydrogens (tertiary/aromatic N) is 6. The Morgan fingerprint density at radius 3 is 2.95 bits per heavy atom. The standard InChI is InChI=1S/C14H16N6/c1-11-6-17-19(7-11)10-12-8-18(9-12)14-13-2-3-16-20(13)5-4-15-14/h2-7,12H,8-10H2,1H3. The van der Waals surface area contributed by atoms with Crippen LogP contribution in [0.1, 0.15) is 5.56 Å². The summed E-state index contributed by atoms with van der Waals surface area (Å²) in [5.41, 5.74) is 2.28. The van der Waals surface area contributed by atoms with Crippen molar-refractivity contribution in [3.05, 3.63) is 42.6 Å². The third-order valence-electron chi connectivity index (χ3n) is 3.77. The van der Waals surface area contributed by atoms with E-state index in [0.717, 1.165) is 31.0 Å². The molecule has 6 nitrogen and oxygen atoms in total. The summed E-state index contributed by atoms with van der Waals surface area (Å²) in [5.74, 6) is 1.66. The van der Waals surface area contributed by atoms with E-state index in [9.17, 15) is 0 Å². The zero-order chi connectivity index (χ0) is 13.5. The fraction of sp³-hybridized carbons (Fsp3) is 0.357. The number of hydrogen-bond acceptors (Lipinski definition) is 4. The highest BCUT2D eigenvalue weighted by molar-refractivity contribution is 5.69. The summed E-state index contributed by atoms with van der Waals surface area (Å²) >= 11 is 0. The Morgan fingerprint density at radius 1 is 1.25 bits per heavy atom. The summed E-state index contributed by atoms with van der Waals surface area (Å²) in [6, 6.07) is 2.01. The van der Waals surface area contributed by atoms with E-state index >= 15 is 0 Å². The van der Waals surface area contributed by atoms with Crippen molar-refractivity contribution in [2.45, 2.75) is 13.5 Å². The number of fused-ring (bicyclic) bond motifs is 1. The van der Waals surface area contributed by atoms with Crippen LogP contribution in [0.3, 0.4) is 0 Å². The summed E-state index contributed by atoms with van der Waals surface area (Å²) in [6.07, 6.45) is 9.50. The summed E-state index contributed by atoms with van der Waals surface area (Å²) in [4.78, 5) is 6.79. The first-order valence-electron chi connectivity index (χ1n) is 6.82. The van der Waals surface area contributed by atoms with Gasteiger partial charge in [0.1, 0.15) is 5.52 Å². The van der Waals surface area contributed by atoms with E-state index in [-0.39, 0.29) is 0 Å². The topological polar surface area (TPSA) is 51.2 Å². The van der Waals surface area contributed by atoms with Crippen molar-refractivity contribution in [3.8, 4) is 0 Å². The smallest absolute Gasteiger partial charge is 0.154 e. The van der Waals surface area contributed by atoms with Crippen LogP contribution in [-0.4, -0.2) is 37.5 Å². The van der Waals surface area contributed by atoms with Crippen molar-refractivity contribution in [3.63, 3.8) is 0 Å². The van der Waals surface area contributed by atoms with Gasteiger partial charge in [-0.1, -0.05) is 0 Å². The highest BCUT2D eigenvalue weighted by Gasteiger charge is 2.29. The van der Waals surface area contributed by atoms with Crippen molar-refractivity contribution in [1.82, 2.24) is 24.4 Å². The molecular weight excluding hydrogens is 252 g/mol. The van der Waals surface area contributed by atoms with Crippen LogP contribution >= 0.6 is 0 Å². The van der Waals surface area contributed by atoms with Gasteiger partial charge in [0.2, 0.25) is 0 Å². The van der Waals surface area contributed by atoms with Crippen molar-refractivity contribution in [1.29, 1.82) is 0 Å². The highest BCUT2D eigenvalue weighted by Crippen LogP contribution is 2.27. The normalized spacial score (nSPS) is 15.8.